The van der Waals surface area contributed by atoms with E-state index in [-0.39, 0.29) is 17.3 Å². The van der Waals surface area contributed by atoms with Crippen molar-refractivity contribution in [2.45, 2.75) is 24.1 Å². The number of sulfone groups is 1. The number of carbonyl (C=O) groups excluding carboxylic acids is 1. The Balaban J connectivity index is 1.80. The molecule has 1 aliphatic carbocycles. The van der Waals surface area contributed by atoms with E-state index < -0.39 is 21.3 Å². The number of hydrogen-bond donors (Lipinski definition) is 1. The Labute approximate surface area is 149 Å². The third kappa shape index (κ3) is 3.61. The van der Waals surface area contributed by atoms with E-state index in [1.54, 1.807) is 18.2 Å². The van der Waals surface area contributed by atoms with Gasteiger partial charge in [0.25, 0.3) is 5.91 Å². The molecule has 1 aromatic heterocycles. The van der Waals surface area contributed by atoms with E-state index in [0.717, 1.165) is 19.1 Å². The van der Waals surface area contributed by atoms with Crippen molar-refractivity contribution >= 4 is 38.9 Å². The van der Waals surface area contributed by atoms with E-state index in [0.29, 0.717) is 15.6 Å². The highest BCUT2D eigenvalue weighted by atomic mass is 35.5. The van der Waals surface area contributed by atoms with Gasteiger partial charge in [-0.1, -0.05) is 29.3 Å². The van der Waals surface area contributed by atoms with Crippen LogP contribution < -0.4 is 5.32 Å². The maximum Gasteiger partial charge on any atom is 0.287 e. The maximum atomic E-state index is 12.4. The summed E-state index contributed by atoms with van der Waals surface area (Å²) in [5.74, 6) is -0.392. The number of hydrogen-bond acceptors (Lipinski definition) is 4. The highest BCUT2D eigenvalue weighted by Crippen LogP contribution is 2.50. The average Bonchev–Trinajstić information content (AvgIpc) is 3.06. The topological polar surface area (TPSA) is 76.4 Å². The monoisotopic (exact) mass is 387 g/mol. The van der Waals surface area contributed by atoms with Crippen LogP contribution in [0.3, 0.4) is 0 Å². The summed E-state index contributed by atoms with van der Waals surface area (Å²) in [4.78, 5) is 12.4. The fraction of sp³-hybridized carbons (Fsp3) is 0.312. The Morgan fingerprint density at radius 1 is 1.21 bits per heavy atom. The van der Waals surface area contributed by atoms with E-state index in [1.165, 1.54) is 12.1 Å². The fourth-order valence-electron chi connectivity index (χ4n) is 2.63. The van der Waals surface area contributed by atoms with Gasteiger partial charge in [-0.3, -0.25) is 4.79 Å². The van der Waals surface area contributed by atoms with E-state index in [4.69, 9.17) is 27.6 Å². The highest BCUT2D eigenvalue weighted by molar-refractivity contribution is 7.89. The predicted molar refractivity (Wildman–Crippen MR) is 92.1 cm³/mol. The molecule has 8 heteroatoms. The molecule has 1 amide bonds. The lowest BCUT2D eigenvalue weighted by molar-refractivity contribution is 0.0901. The SMILES string of the molecule is CS(=O)(=O)Cc1ccc(C(=O)NC2(c3c(Cl)cccc3Cl)CC2)o1. The average molecular weight is 388 g/mol. The standard InChI is InChI=1S/C16H15Cl2NO4S/c1-24(21,22)9-10-5-6-13(23-10)15(20)19-16(7-8-16)14-11(17)3-2-4-12(14)18/h2-6H,7-9H2,1H3,(H,19,20). The summed E-state index contributed by atoms with van der Waals surface area (Å²) in [7, 11) is -3.23. The fourth-order valence-corrected chi connectivity index (χ4v) is 4.06. The molecule has 0 aliphatic heterocycles. The molecule has 0 atom stereocenters. The number of furan rings is 1. The van der Waals surface area contributed by atoms with Crippen LogP contribution in [0.5, 0.6) is 0 Å². The quantitative estimate of drug-likeness (QED) is 0.850. The molecule has 0 unspecified atom stereocenters. The third-order valence-electron chi connectivity index (χ3n) is 3.83. The third-order valence-corrected chi connectivity index (χ3v) is 5.27. The summed E-state index contributed by atoms with van der Waals surface area (Å²) in [6.07, 6.45) is 2.55. The zero-order chi connectivity index (χ0) is 17.5. The normalized spacial score (nSPS) is 16.0. The van der Waals surface area contributed by atoms with E-state index in [9.17, 15) is 13.2 Å². The molecule has 1 aliphatic rings. The molecule has 5 nitrogen and oxygen atoms in total. The van der Waals surface area contributed by atoms with Gasteiger partial charge in [0.1, 0.15) is 11.5 Å². The largest absolute Gasteiger partial charge is 0.455 e. The molecule has 0 spiro atoms. The minimum Gasteiger partial charge on any atom is -0.455 e. The Morgan fingerprint density at radius 3 is 2.38 bits per heavy atom. The molecule has 1 fully saturated rings. The van der Waals surface area contributed by atoms with Crippen molar-refractivity contribution in [3.8, 4) is 0 Å². The minimum absolute atomic E-state index is 0.0584. The Hall–Kier alpha value is -1.50. The summed E-state index contributed by atoms with van der Waals surface area (Å²) in [6.45, 7) is 0. The van der Waals surface area contributed by atoms with Crippen LogP contribution in [0.15, 0.2) is 34.7 Å². The van der Waals surface area contributed by atoms with Crippen LogP contribution in [0.1, 0.15) is 34.7 Å². The van der Waals surface area contributed by atoms with Crippen molar-refractivity contribution in [1.82, 2.24) is 5.32 Å². The van der Waals surface area contributed by atoms with Gasteiger partial charge in [0, 0.05) is 21.9 Å². The number of benzene rings is 1. The second kappa shape index (κ2) is 6.10. The van der Waals surface area contributed by atoms with Crippen LogP contribution in [-0.2, 0) is 21.1 Å². The van der Waals surface area contributed by atoms with Gasteiger partial charge in [-0.05, 0) is 37.1 Å². The molecule has 24 heavy (non-hydrogen) atoms. The Morgan fingerprint density at radius 2 is 1.83 bits per heavy atom. The zero-order valence-electron chi connectivity index (χ0n) is 12.8. The molecule has 0 saturated heterocycles. The van der Waals surface area contributed by atoms with Crippen LogP contribution >= 0.6 is 23.2 Å². The molecule has 0 bridgehead atoms. The number of nitrogens with one attached hydrogen (secondary N) is 1. The Bertz CT molecular complexity index is 880. The summed E-state index contributed by atoms with van der Waals surface area (Å²) in [6, 6.07) is 8.15. The lowest BCUT2D eigenvalue weighted by Gasteiger charge is -2.20. The number of halogens is 2. The first-order valence-electron chi connectivity index (χ1n) is 7.24. The first-order valence-corrected chi connectivity index (χ1v) is 10.1. The van der Waals surface area contributed by atoms with Crippen LogP contribution in [-0.4, -0.2) is 20.6 Å². The van der Waals surface area contributed by atoms with Gasteiger partial charge in [-0.25, -0.2) is 8.42 Å². The molecular weight excluding hydrogens is 373 g/mol. The van der Waals surface area contributed by atoms with Crippen molar-refractivity contribution in [1.29, 1.82) is 0 Å². The van der Waals surface area contributed by atoms with Crippen LogP contribution in [0.2, 0.25) is 10.0 Å². The maximum absolute atomic E-state index is 12.4. The van der Waals surface area contributed by atoms with Gasteiger partial charge in [0.15, 0.2) is 15.6 Å². The lowest BCUT2D eigenvalue weighted by atomic mass is 10.0. The minimum atomic E-state index is -3.23. The summed E-state index contributed by atoms with van der Waals surface area (Å²) in [5.41, 5.74) is 0.0978. The van der Waals surface area contributed by atoms with Crippen LogP contribution in [0.4, 0.5) is 0 Å². The molecule has 128 valence electrons. The Kier molecular flexibility index (Phi) is 4.40. The van der Waals surface area contributed by atoms with Crippen molar-refractivity contribution in [2.24, 2.45) is 0 Å². The first kappa shape index (κ1) is 17.3. The zero-order valence-corrected chi connectivity index (χ0v) is 15.1. The molecular formula is C16H15Cl2NO4S. The predicted octanol–water partition coefficient (Wildman–Crippen LogP) is 3.55. The molecule has 1 N–H and O–H groups in total. The van der Waals surface area contributed by atoms with E-state index in [1.807, 2.05) is 0 Å². The van der Waals surface area contributed by atoms with Crippen molar-refractivity contribution < 1.29 is 17.6 Å². The van der Waals surface area contributed by atoms with Gasteiger partial charge in [-0.2, -0.15) is 0 Å². The van der Waals surface area contributed by atoms with Crippen LogP contribution in [0, 0.1) is 0 Å². The van der Waals surface area contributed by atoms with Gasteiger partial charge < -0.3 is 9.73 Å². The van der Waals surface area contributed by atoms with Gasteiger partial charge in [0.05, 0.1) is 5.54 Å². The second-order valence-electron chi connectivity index (χ2n) is 5.97. The second-order valence-corrected chi connectivity index (χ2v) is 8.92. The van der Waals surface area contributed by atoms with Crippen molar-refractivity contribution in [2.75, 3.05) is 6.26 Å². The molecule has 1 saturated carbocycles. The molecule has 0 radical (unpaired) electrons. The molecule has 2 aromatic rings. The van der Waals surface area contributed by atoms with Crippen molar-refractivity contribution in [3.63, 3.8) is 0 Å². The van der Waals surface area contributed by atoms with E-state index >= 15 is 0 Å². The van der Waals surface area contributed by atoms with Crippen molar-refractivity contribution in [3.05, 3.63) is 57.5 Å². The summed E-state index contributed by atoms with van der Waals surface area (Å²) < 4.78 is 27.9. The lowest BCUT2D eigenvalue weighted by Crippen LogP contribution is -2.35. The number of amides is 1. The molecule has 3 rings (SSSR count). The first-order chi connectivity index (χ1) is 11.2. The van der Waals surface area contributed by atoms with Crippen LogP contribution in [0.25, 0.3) is 0 Å². The number of rotatable bonds is 5. The van der Waals surface area contributed by atoms with E-state index in [2.05, 4.69) is 5.32 Å². The molecule has 1 aromatic carbocycles. The summed E-state index contributed by atoms with van der Waals surface area (Å²) in [5, 5.41) is 3.90. The van der Waals surface area contributed by atoms with Gasteiger partial charge >= 0.3 is 0 Å². The summed E-state index contributed by atoms with van der Waals surface area (Å²) >= 11 is 12.5. The molecule has 1 heterocycles. The highest BCUT2D eigenvalue weighted by Gasteiger charge is 2.48. The smallest absolute Gasteiger partial charge is 0.287 e. The number of carbonyl (C=O) groups is 1. The van der Waals surface area contributed by atoms with Gasteiger partial charge in [0.2, 0.25) is 0 Å². The van der Waals surface area contributed by atoms with Gasteiger partial charge in [-0.15, -0.1) is 0 Å².